The number of nitrogens with one attached hydrogen (secondary N) is 1. The number of aromatic nitrogens is 2. The van der Waals surface area contributed by atoms with Gasteiger partial charge in [0.2, 0.25) is 0 Å². The van der Waals surface area contributed by atoms with Gasteiger partial charge in [0.15, 0.2) is 5.03 Å². The predicted octanol–water partition coefficient (Wildman–Crippen LogP) is 2.37. The first-order chi connectivity index (χ1) is 9.51. The van der Waals surface area contributed by atoms with Gasteiger partial charge in [0.25, 0.3) is 10.0 Å². The van der Waals surface area contributed by atoms with E-state index >= 15 is 0 Å². The molecule has 0 amide bonds. The van der Waals surface area contributed by atoms with Crippen LogP contribution < -0.4 is 4.72 Å². The highest BCUT2D eigenvalue weighted by molar-refractivity contribution is 7.89. The molecule has 1 heterocycles. The molecule has 0 unspecified atom stereocenters. The smallest absolute Gasteiger partial charge is 0.259 e. The maximum absolute atomic E-state index is 12.2. The van der Waals surface area contributed by atoms with Crippen LogP contribution in [0.3, 0.4) is 0 Å². The predicted molar refractivity (Wildman–Crippen MR) is 79.3 cm³/mol. The summed E-state index contributed by atoms with van der Waals surface area (Å²) in [6.45, 7) is 3.04. The van der Waals surface area contributed by atoms with Crippen molar-refractivity contribution in [3.63, 3.8) is 0 Å². The number of nitrogens with zero attached hydrogens (tertiary/aromatic N) is 2. The zero-order chi connectivity index (χ0) is 14.6. The first kappa shape index (κ1) is 15.8. The van der Waals surface area contributed by atoms with E-state index in [2.05, 4.69) is 9.71 Å². The number of rotatable bonds is 6. The standard InChI is InChI=1S/C13H22ClN3O2S/c1-2-17-8-12(15-11-17)20(18,19)16-10-13(9-14)6-4-3-5-7-13/h8,11,16H,2-7,9-10H2,1H3. The van der Waals surface area contributed by atoms with E-state index in [-0.39, 0.29) is 10.4 Å². The molecule has 1 fully saturated rings. The molecular formula is C13H22ClN3O2S. The summed E-state index contributed by atoms with van der Waals surface area (Å²) in [5.41, 5.74) is -0.0970. The van der Waals surface area contributed by atoms with Gasteiger partial charge < -0.3 is 4.57 Å². The normalized spacial score (nSPS) is 19.1. The molecule has 0 saturated heterocycles. The van der Waals surface area contributed by atoms with Crippen LogP contribution in [0.25, 0.3) is 0 Å². The van der Waals surface area contributed by atoms with Crippen molar-refractivity contribution < 1.29 is 8.42 Å². The van der Waals surface area contributed by atoms with Crippen LogP contribution in [0.1, 0.15) is 39.0 Å². The molecule has 0 atom stereocenters. The Morgan fingerprint density at radius 3 is 2.65 bits per heavy atom. The van der Waals surface area contributed by atoms with Crippen LogP contribution in [0.15, 0.2) is 17.6 Å². The van der Waals surface area contributed by atoms with Crippen molar-refractivity contribution >= 4 is 21.6 Å². The quantitative estimate of drug-likeness (QED) is 0.819. The Morgan fingerprint density at radius 1 is 1.40 bits per heavy atom. The van der Waals surface area contributed by atoms with Gasteiger partial charge in [0.1, 0.15) is 0 Å². The van der Waals surface area contributed by atoms with Gasteiger partial charge in [-0.15, -0.1) is 11.6 Å². The second-order valence-corrected chi connectivity index (χ2v) is 7.54. The van der Waals surface area contributed by atoms with E-state index in [1.165, 1.54) is 12.7 Å². The third-order valence-electron chi connectivity index (χ3n) is 4.08. The fourth-order valence-corrected chi connectivity index (χ4v) is 4.10. The summed E-state index contributed by atoms with van der Waals surface area (Å²) in [4.78, 5) is 3.95. The van der Waals surface area contributed by atoms with E-state index in [0.717, 1.165) is 25.7 Å². The second kappa shape index (κ2) is 6.45. The summed E-state index contributed by atoms with van der Waals surface area (Å²) in [7, 11) is -3.54. The molecule has 114 valence electrons. The summed E-state index contributed by atoms with van der Waals surface area (Å²) in [6.07, 6.45) is 8.53. The minimum Gasteiger partial charge on any atom is -0.336 e. The highest BCUT2D eigenvalue weighted by atomic mass is 35.5. The number of hydrogen-bond acceptors (Lipinski definition) is 3. The SMILES string of the molecule is CCn1cnc(S(=O)(=O)NCC2(CCl)CCCCC2)c1. The van der Waals surface area contributed by atoms with E-state index < -0.39 is 10.0 Å². The molecule has 1 aromatic rings. The van der Waals surface area contributed by atoms with E-state index in [1.54, 1.807) is 10.8 Å². The Kier molecular flexibility index (Phi) is 5.09. The molecule has 2 rings (SSSR count). The van der Waals surface area contributed by atoms with Crippen molar-refractivity contribution in [2.45, 2.75) is 50.6 Å². The van der Waals surface area contributed by atoms with Gasteiger partial charge in [0, 0.05) is 25.2 Å². The maximum atomic E-state index is 12.2. The molecule has 0 radical (unpaired) electrons. The molecule has 0 aromatic carbocycles. The molecule has 0 aliphatic heterocycles. The van der Waals surface area contributed by atoms with Crippen molar-refractivity contribution in [2.75, 3.05) is 12.4 Å². The van der Waals surface area contributed by atoms with Gasteiger partial charge in [-0.1, -0.05) is 19.3 Å². The number of aryl methyl sites for hydroxylation is 1. The fourth-order valence-electron chi connectivity index (χ4n) is 2.63. The zero-order valence-electron chi connectivity index (χ0n) is 11.8. The number of halogens is 1. The van der Waals surface area contributed by atoms with Gasteiger partial charge in [0.05, 0.1) is 6.33 Å². The van der Waals surface area contributed by atoms with Crippen LogP contribution in [-0.4, -0.2) is 30.4 Å². The summed E-state index contributed by atoms with van der Waals surface area (Å²) in [6, 6.07) is 0. The number of imidazole rings is 1. The van der Waals surface area contributed by atoms with Crippen molar-refractivity contribution in [1.82, 2.24) is 14.3 Å². The highest BCUT2D eigenvalue weighted by Gasteiger charge is 2.33. The minimum atomic E-state index is -3.54. The molecule has 7 heteroatoms. The third-order valence-corrected chi connectivity index (χ3v) is 5.94. The topological polar surface area (TPSA) is 64.0 Å². The van der Waals surface area contributed by atoms with Crippen molar-refractivity contribution in [1.29, 1.82) is 0 Å². The Bertz CT molecular complexity index is 536. The molecule has 0 spiro atoms. The molecule has 5 nitrogen and oxygen atoms in total. The van der Waals surface area contributed by atoms with E-state index in [4.69, 9.17) is 11.6 Å². The van der Waals surface area contributed by atoms with E-state index in [9.17, 15) is 8.42 Å². The lowest BCUT2D eigenvalue weighted by atomic mass is 9.76. The molecule has 1 saturated carbocycles. The maximum Gasteiger partial charge on any atom is 0.259 e. The highest BCUT2D eigenvalue weighted by Crippen LogP contribution is 2.37. The summed E-state index contributed by atoms with van der Waals surface area (Å²) in [5.74, 6) is 0.499. The van der Waals surface area contributed by atoms with Crippen LogP contribution in [0.2, 0.25) is 0 Å². The van der Waals surface area contributed by atoms with Gasteiger partial charge in [-0.2, -0.15) is 0 Å². The average molecular weight is 320 g/mol. The number of alkyl halides is 1. The van der Waals surface area contributed by atoms with Crippen LogP contribution in [0.5, 0.6) is 0 Å². The van der Waals surface area contributed by atoms with Crippen molar-refractivity contribution in [3.8, 4) is 0 Å². The van der Waals surface area contributed by atoms with Crippen molar-refractivity contribution in [3.05, 3.63) is 12.5 Å². The fraction of sp³-hybridized carbons (Fsp3) is 0.769. The van der Waals surface area contributed by atoms with Crippen LogP contribution in [0, 0.1) is 5.41 Å². The molecule has 1 aliphatic rings. The third kappa shape index (κ3) is 3.54. The largest absolute Gasteiger partial charge is 0.336 e. The Morgan fingerprint density at radius 2 is 2.10 bits per heavy atom. The van der Waals surface area contributed by atoms with E-state index in [1.807, 2.05) is 6.92 Å². The van der Waals surface area contributed by atoms with Crippen LogP contribution in [0.4, 0.5) is 0 Å². The molecular weight excluding hydrogens is 298 g/mol. The minimum absolute atomic E-state index is 0.0832. The number of hydrogen-bond donors (Lipinski definition) is 1. The first-order valence-electron chi connectivity index (χ1n) is 7.09. The van der Waals surface area contributed by atoms with Crippen LogP contribution in [-0.2, 0) is 16.6 Å². The summed E-state index contributed by atoms with van der Waals surface area (Å²) < 4.78 is 28.9. The molecule has 1 N–H and O–H groups in total. The molecule has 1 aliphatic carbocycles. The van der Waals surface area contributed by atoms with Gasteiger partial charge in [-0.3, -0.25) is 0 Å². The zero-order valence-corrected chi connectivity index (χ0v) is 13.4. The van der Waals surface area contributed by atoms with Crippen LogP contribution >= 0.6 is 11.6 Å². The molecule has 20 heavy (non-hydrogen) atoms. The van der Waals surface area contributed by atoms with E-state index in [0.29, 0.717) is 19.0 Å². The van der Waals surface area contributed by atoms with Crippen molar-refractivity contribution in [2.24, 2.45) is 5.41 Å². The Hall–Kier alpha value is -0.590. The average Bonchev–Trinajstić information content (AvgIpc) is 2.96. The molecule has 0 bridgehead atoms. The summed E-state index contributed by atoms with van der Waals surface area (Å²) in [5, 5.41) is 0.0832. The molecule has 1 aromatic heterocycles. The Labute approximate surface area is 125 Å². The first-order valence-corrected chi connectivity index (χ1v) is 9.10. The lowest BCUT2D eigenvalue weighted by molar-refractivity contribution is 0.223. The second-order valence-electron chi connectivity index (χ2n) is 5.56. The lowest BCUT2D eigenvalue weighted by Crippen LogP contribution is -2.40. The number of sulfonamides is 1. The monoisotopic (exact) mass is 319 g/mol. The Balaban J connectivity index is 2.04. The summed E-state index contributed by atoms with van der Waals surface area (Å²) >= 11 is 6.08. The van der Waals surface area contributed by atoms with Gasteiger partial charge in [-0.25, -0.2) is 18.1 Å². The van der Waals surface area contributed by atoms with Gasteiger partial charge in [-0.05, 0) is 25.2 Å². The van der Waals surface area contributed by atoms with Gasteiger partial charge >= 0.3 is 0 Å². The lowest BCUT2D eigenvalue weighted by Gasteiger charge is -2.35.